The molecule has 1 radical (unpaired) electrons. The third-order valence-corrected chi connectivity index (χ3v) is 1.90. The third kappa shape index (κ3) is 2.66. The molecule has 0 heterocycles. The number of ether oxygens (including phenoxy) is 2. The fourth-order valence-electron chi connectivity index (χ4n) is 1.25. The molecule has 1 rings (SSSR count). The van der Waals surface area contributed by atoms with Crippen LogP contribution in [0.15, 0.2) is 18.2 Å². The minimum absolute atomic E-state index is 0.660. The van der Waals surface area contributed by atoms with E-state index in [-0.39, 0.29) is 0 Å². The number of benzene rings is 1. The summed E-state index contributed by atoms with van der Waals surface area (Å²) in [5, 5.41) is 0. The van der Waals surface area contributed by atoms with Gasteiger partial charge in [0.1, 0.15) is 0 Å². The van der Waals surface area contributed by atoms with Crippen molar-refractivity contribution in [3.05, 3.63) is 30.2 Å². The van der Waals surface area contributed by atoms with Gasteiger partial charge in [0.2, 0.25) is 0 Å². The molecule has 0 spiro atoms. The first-order chi connectivity index (χ1) is 6.81. The summed E-state index contributed by atoms with van der Waals surface area (Å²) in [6.45, 7) is 7.27. The summed E-state index contributed by atoms with van der Waals surface area (Å²) in [5.41, 5.74) is 1.15. The van der Waals surface area contributed by atoms with Crippen molar-refractivity contribution >= 4 is 0 Å². The highest BCUT2D eigenvalue weighted by atomic mass is 16.5. The summed E-state index contributed by atoms with van der Waals surface area (Å²) in [5.74, 6) is 1.64. The Morgan fingerprint density at radius 3 is 2.29 bits per heavy atom. The maximum Gasteiger partial charge on any atom is 0.161 e. The Kier molecular flexibility index (Phi) is 4.30. The average molecular weight is 193 g/mol. The minimum atomic E-state index is 0.660. The SMILES string of the molecule is C[CH]c1ccc(OCC)c(OCC)c1. The van der Waals surface area contributed by atoms with Crippen molar-refractivity contribution in [2.75, 3.05) is 13.2 Å². The zero-order valence-corrected chi connectivity index (χ0v) is 9.04. The van der Waals surface area contributed by atoms with Crippen LogP contribution in [-0.2, 0) is 0 Å². The molecule has 0 N–H and O–H groups in total. The van der Waals surface area contributed by atoms with Crippen LogP contribution in [0.25, 0.3) is 0 Å². The summed E-state index contributed by atoms with van der Waals surface area (Å²) >= 11 is 0. The van der Waals surface area contributed by atoms with Crippen LogP contribution in [-0.4, -0.2) is 13.2 Å². The first-order valence-electron chi connectivity index (χ1n) is 5.00. The lowest BCUT2D eigenvalue weighted by atomic mass is 10.1. The number of hydrogen-bond acceptors (Lipinski definition) is 2. The first kappa shape index (κ1) is 10.9. The second kappa shape index (κ2) is 5.53. The lowest BCUT2D eigenvalue weighted by Crippen LogP contribution is -1.98. The van der Waals surface area contributed by atoms with Crippen LogP contribution in [0, 0.1) is 6.42 Å². The summed E-state index contributed by atoms with van der Waals surface area (Å²) in [6, 6.07) is 5.96. The lowest BCUT2D eigenvalue weighted by Gasteiger charge is -2.11. The van der Waals surface area contributed by atoms with E-state index in [1.165, 1.54) is 0 Å². The van der Waals surface area contributed by atoms with Crippen molar-refractivity contribution in [1.29, 1.82) is 0 Å². The predicted octanol–water partition coefficient (Wildman–Crippen LogP) is 3.06. The molecule has 0 unspecified atom stereocenters. The van der Waals surface area contributed by atoms with E-state index in [2.05, 4.69) is 0 Å². The average Bonchev–Trinajstić information content (AvgIpc) is 2.21. The van der Waals surface area contributed by atoms with Crippen LogP contribution < -0.4 is 9.47 Å². The Balaban J connectivity index is 2.91. The van der Waals surface area contributed by atoms with Crippen LogP contribution in [0.3, 0.4) is 0 Å². The minimum Gasteiger partial charge on any atom is -0.490 e. The van der Waals surface area contributed by atoms with Gasteiger partial charge in [-0.15, -0.1) is 0 Å². The van der Waals surface area contributed by atoms with Gasteiger partial charge in [0.15, 0.2) is 11.5 Å². The Bertz CT molecular complexity index is 282. The maximum absolute atomic E-state index is 5.49. The molecule has 2 heteroatoms. The van der Waals surface area contributed by atoms with Gasteiger partial charge in [0, 0.05) is 0 Å². The lowest BCUT2D eigenvalue weighted by molar-refractivity contribution is 0.287. The summed E-state index contributed by atoms with van der Waals surface area (Å²) in [7, 11) is 0. The van der Waals surface area contributed by atoms with E-state index in [9.17, 15) is 0 Å². The zero-order valence-electron chi connectivity index (χ0n) is 9.04. The monoisotopic (exact) mass is 193 g/mol. The third-order valence-electron chi connectivity index (χ3n) is 1.90. The van der Waals surface area contributed by atoms with Gasteiger partial charge in [-0.1, -0.05) is 13.0 Å². The van der Waals surface area contributed by atoms with Crippen molar-refractivity contribution in [3.8, 4) is 11.5 Å². The van der Waals surface area contributed by atoms with Crippen LogP contribution in [0.5, 0.6) is 11.5 Å². The molecular formula is C12H17O2. The van der Waals surface area contributed by atoms with Crippen molar-refractivity contribution in [3.63, 3.8) is 0 Å². The highest BCUT2D eigenvalue weighted by Crippen LogP contribution is 2.28. The molecule has 14 heavy (non-hydrogen) atoms. The summed E-state index contributed by atoms with van der Waals surface area (Å²) in [4.78, 5) is 0. The van der Waals surface area contributed by atoms with Crippen molar-refractivity contribution in [2.24, 2.45) is 0 Å². The molecule has 0 saturated heterocycles. The van der Waals surface area contributed by atoms with E-state index >= 15 is 0 Å². The van der Waals surface area contributed by atoms with Crippen LogP contribution >= 0.6 is 0 Å². The zero-order chi connectivity index (χ0) is 10.4. The molecule has 0 amide bonds. The van der Waals surface area contributed by atoms with Gasteiger partial charge >= 0.3 is 0 Å². The molecule has 2 nitrogen and oxygen atoms in total. The smallest absolute Gasteiger partial charge is 0.161 e. The molecule has 0 atom stereocenters. The molecule has 1 aromatic carbocycles. The van der Waals surface area contributed by atoms with Gasteiger partial charge in [-0.05, 0) is 38.0 Å². The molecule has 0 bridgehead atoms. The van der Waals surface area contributed by atoms with Gasteiger partial charge in [0.05, 0.1) is 13.2 Å². The second-order valence-electron chi connectivity index (χ2n) is 2.86. The Hall–Kier alpha value is -1.18. The first-order valence-corrected chi connectivity index (χ1v) is 5.00. The van der Waals surface area contributed by atoms with Crippen molar-refractivity contribution in [1.82, 2.24) is 0 Å². The molecule has 0 aromatic heterocycles. The van der Waals surface area contributed by atoms with Crippen molar-refractivity contribution < 1.29 is 9.47 Å². The molecule has 0 fully saturated rings. The Morgan fingerprint density at radius 1 is 1.07 bits per heavy atom. The second-order valence-corrected chi connectivity index (χ2v) is 2.86. The molecule has 0 aliphatic heterocycles. The molecule has 0 aliphatic carbocycles. The normalized spacial score (nSPS) is 9.93. The Morgan fingerprint density at radius 2 is 1.71 bits per heavy atom. The van der Waals surface area contributed by atoms with Gasteiger partial charge in [-0.25, -0.2) is 0 Å². The quantitative estimate of drug-likeness (QED) is 0.715. The number of rotatable bonds is 5. The van der Waals surface area contributed by atoms with Crippen LogP contribution in [0.2, 0.25) is 0 Å². The summed E-state index contributed by atoms with van der Waals surface area (Å²) in [6.07, 6.45) is 2.04. The highest BCUT2D eigenvalue weighted by molar-refractivity contribution is 5.44. The molecule has 0 aliphatic rings. The molecule has 77 valence electrons. The Labute approximate surface area is 85.8 Å². The van der Waals surface area contributed by atoms with Crippen LogP contribution in [0.4, 0.5) is 0 Å². The van der Waals surface area contributed by atoms with E-state index in [0.29, 0.717) is 13.2 Å². The highest BCUT2D eigenvalue weighted by Gasteiger charge is 2.04. The van der Waals surface area contributed by atoms with E-state index in [1.54, 1.807) is 0 Å². The largest absolute Gasteiger partial charge is 0.490 e. The molecule has 1 aromatic rings. The van der Waals surface area contributed by atoms with Gasteiger partial charge in [-0.2, -0.15) is 0 Å². The van der Waals surface area contributed by atoms with Gasteiger partial charge in [-0.3, -0.25) is 0 Å². The number of hydrogen-bond donors (Lipinski definition) is 0. The standard InChI is InChI=1S/C12H17O2/c1-4-10-7-8-11(13-5-2)12(9-10)14-6-3/h4,7-9H,5-6H2,1-3H3. The topological polar surface area (TPSA) is 18.5 Å². The van der Waals surface area contributed by atoms with E-state index in [1.807, 2.05) is 45.4 Å². The fraction of sp³-hybridized carbons (Fsp3) is 0.417. The van der Waals surface area contributed by atoms with Crippen LogP contribution in [0.1, 0.15) is 26.3 Å². The van der Waals surface area contributed by atoms with E-state index in [4.69, 9.17) is 9.47 Å². The maximum atomic E-state index is 5.49. The van der Waals surface area contributed by atoms with Gasteiger partial charge in [0.25, 0.3) is 0 Å². The van der Waals surface area contributed by atoms with E-state index in [0.717, 1.165) is 17.1 Å². The summed E-state index contributed by atoms with van der Waals surface area (Å²) < 4.78 is 10.9. The fourth-order valence-corrected chi connectivity index (χ4v) is 1.25. The molecule has 0 saturated carbocycles. The molecular weight excluding hydrogens is 176 g/mol. The predicted molar refractivity (Wildman–Crippen MR) is 57.9 cm³/mol. The van der Waals surface area contributed by atoms with E-state index < -0.39 is 0 Å². The van der Waals surface area contributed by atoms with Crippen molar-refractivity contribution in [2.45, 2.75) is 20.8 Å². The van der Waals surface area contributed by atoms with Gasteiger partial charge < -0.3 is 9.47 Å².